The Kier molecular flexibility index (Phi) is 7.05. The van der Waals surface area contributed by atoms with Gasteiger partial charge in [-0.15, -0.1) is 11.8 Å². The van der Waals surface area contributed by atoms with Gasteiger partial charge in [0.05, 0.1) is 30.0 Å². The van der Waals surface area contributed by atoms with E-state index in [1.807, 2.05) is 42.5 Å². The Bertz CT molecular complexity index is 953. The molecule has 3 nitrogen and oxygen atoms in total. The van der Waals surface area contributed by atoms with Gasteiger partial charge in [-0.2, -0.15) is 0 Å². The third-order valence-electron chi connectivity index (χ3n) is 5.30. The first-order valence-electron chi connectivity index (χ1n) is 10.2. The highest BCUT2D eigenvalue weighted by Crippen LogP contribution is 2.44. The minimum atomic E-state index is -0.200. The lowest BCUT2D eigenvalue weighted by molar-refractivity contribution is -0.0323. The molecule has 3 aromatic carbocycles. The number of hydrogen-bond donors (Lipinski definition) is 0. The number of methoxy groups -OCH3 is 1. The number of hydrogen-bond acceptors (Lipinski definition) is 4. The van der Waals surface area contributed by atoms with Crippen molar-refractivity contribution in [1.82, 2.24) is 4.90 Å². The van der Waals surface area contributed by atoms with Crippen LogP contribution >= 0.6 is 11.8 Å². The molecule has 0 bridgehead atoms. The number of ether oxygens (including phenoxy) is 2. The van der Waals surface area contributed by atoms with Crippen molar-refractivity contribution in [1.29, 1.82) is 0 Å². The zero-order valence-electron chi connectivity index (χ0n) is 17.0. The van der Waals surface area contributed by atoms with Crippen molar-refractivity contribution in [2.45, 2.75) is 22.8 Å². The number of halogens is 1. The number of thioether (sulfide) groups is 1. The number of para-hydroxylation sites is 1. The fourth-order valence-electron chi connectivity index (χ4n) is 3.80. The second kappa shape index (κ2) is 10.1. The molecule has 156 valence electrons. The molecule has 3 aromatic rings. The summed E-state index contributed by atoms with van der Waals surface area (Å²) in [4.78, 5) is 3.37. The number of morpholine rings is 1. The predicted octanol–water partition coefficient (Wildman–Crippen LogP) is 5.57. The highest BCUT2D eigenvalue weighted by molar-refractivity contribution is 7.99. The monoisotopic (exact) mass is 423 g/mol. The molecule has 0 saturated carbocycles. The van der Waals surface area contributed by atoms with Crippen LogP contribution in [0.1, 0.15) is 16.4 Å². The summed E-state index contributed by atoms with van der Waals surface area (Å²) in [5.74, 6) is 0.592. The minimum absolute atomic E-state index is 0.130. The third-order valence-corrected chi connectivity index (χ3v) is 6.70. The van der Waals surface area contributed by atoms with Crippen LogP contribution in [0.4, 0.5) is 4.39 Å². The summed E-state index contributed by atoms with van der Waals surface area (Å²) in [7, 11) is 1.66. The Morgan fingerprint density at radius 2 is 1.77 bits per heavy atom. The van der Waals surface area contributed by atoms with Crippen molar-refractivity contribution in [3.8, 4) is 5.75 Å². The first kappa shape index (κ1) is 20.9. The van der Waals surface area contributed by atoms with Gasteiger partial charge in [0, 0.05) is 25.2 Å². The van der Waals surface area contributed by atoms with E-state index in [0.717, 1.165) is 30.3 Å². The lowest BCUT2D eigenvalue weighted by Gasteiger charge is -2.37. The van der Waals surface area contributed by atoms with Gasteiger partial charge >= 0.3 is 0 Å². The van der Waals surface area contributed by atoms with Gasteiger partial charge in [0.1, 0.15) is 11.6 Å². The van der Waals surface area contributed by atoms with Crippen molar-refractivity contribution < 1.29 is 13.9 Å². The fourth-order valence-corrected chi connectivity index (χ4v) is 5.13. The zero-order valence-corrected chi connectivity index (χ0v) is 17.9. The molecule has 1 fully saturated rings. The highest BCUT2D eigenvalue weighted by atomic mass is 32.2. The highest BCUT2D eigenvalue weighted by Gasteiger charge is 2.32. The van der Waals surface area contributed by atoms with Gasteiger partial charge in [-0.25, -0.2) is 4.39 Å². The fraction of sp³-hybridized carbons (Fsp3) is 0.280. The maximum atomic E-state index is 14.8. The largest absolute Gasteiger partial charge is 0.496 e. The third kappa shape index (κ3) is 5.04. The van der Waals surface area contributed by atoms with Gasteiger partial charge in [0.2, 0.25) is 0 Å². The van der Waals surface area contributed by atoms with E-state index in [4.69, 9.17) is 9.47 Å². The Labute approximate surface area is 181 Å². The summed E-state index contributed by atoms with van der Waals surface area (Å²) in [5, 5.41) is -0.180. The molecular weight excluding hydrogens is 397 g/mol. The number of rotatable bonds is 7. The molecule has 1 aliphatic heterocycles. The Morgan fingerprint density at radius 1 is 1.03 bits per heavy atom. The van der Waals surface area contributed by atoms with Crippen molar-refractivity contribution in [2.75, 3.05) is 26.8 Å². The number of benzene rings is 3. The van der Waals surface area contributed by atoms with Crippen LogP contribution in [-0.4, -0.2) is 37.8 Å². The lowest BCUT2D eigenvalue weighted by atomic mass is 10.0. The van der Waals surface area contributed by atoms with E-state index in [9.17, 15) is 4.39 Å². The second-order valence-electron chi connectivity index (χ2n) is 7.34. The summed E-state index contributed by atoms with van der Waals surface area (Å²) in [6.07, 6.45) is -0.130. The van der Waals surface area contributed by atoms with Gasteiger partial charge < -0.3 is 9.47 Å². The van der Waals surface area contributed by atoms with Crippen molar-refractivity contribution in [3.63, 3.8) is 0 Å². The standard InChI is InChI=1S/C25H26FNO2S/c1-28-22-13-7-8-14-24(22)30-25(20-11-5-6-12-21(20)26)23-18-27(15-16-29-23)17-19-9-3-2-4-10-19/h2-14,23,25H,15-18H2,1H3/t23-,25-/m0/s1. The molecule has 0 aromatic heterocycles. The summed E-state index contributed by atoms with van der Waals surface area (Å²) in [6, 6.07) is 25.3. The second-order valence-corrected chi connectivity index (χ2v) is 8.52. The van der Waals surface area contributed by atoms with Crippen LogP contribution < -0.4 is 4.74 Å². The molecule has 1 heterocycles. The van der Waals surface area contributed by atoms with Gasteiger partial charge in [0.25, 0.3) is 0 Å². The maximum Gasteiger partial charge on any atom is 0.132 e. The molecular formula is C25H26FNO2S. The van der Waals surface area contributed by atoms with Crippen LogP contribution in [0.2, 0.25) is 0 Å². The van der Waals surface area contributed by atoms with Crippen molar-refractivity contribution >= 4 is 11.8 Å². The van der Waals surface area contributed by atoms with E-state index in [1.54, 1.807) is 24.9 Å². The van der Waals surface area contributed by atoms with Crippen LogP contribution in [0.5, 0.6) is 5.75 Å². The molecule has 4 rings (SSSR count). The van der Waals surface area contributed by atoms with Crippen molar-refractivity contribution in [2.24, 2.45) is 0 Å². The molecule has 1 aliphatic rings. The van der Waals surface area contributed by atoms with Gasteiger partial charge in [0.15, 0.2) is 0 Å². The Hall–Kier alpha value is -2.34. The summed E-state index contributed by atoms with van der Waals surface area (Å²) >= 11 is 1.61. The first-order valence-corrected chi connectivity index (χ1v) is 11.0. The molecule has 30 heavy (non-hydrogen) atoms. The van der Waals surface area contributed by atoms with E-state index in [-0.39, 0.29) is 17.2 Å². The predicted molar refractivity (Wildman–Crippen MR) is 119 cm³/mol. The van der Waals surface area contributed by atoms with Gasteiger partial charge in [-0.05, 0) is 23.8 Å². The van der Waals surface area contributed by atoms with Crippen molar-refractivity contribution in [3.05, 3.63) is 95.8 Å². The van der Waals surface area contributed by atoms with Crippen LogP contribution in [-0.2, 0) is 11.3 Å². The molecule has 0 amide bonds. The van der Waals surface area contributed by atoms with E-state index < -0.39 is 0 Å². The molecule has 2 atom stereocenters. The molecule has 1 saturated heterocycles. The summed E-state index contributed by atoms with van der Waals surface area (Å²) < 4.78 is 26.5. The van der Waals surface area contributed by atoms with E-state index in [2.05, 4.69) is 29.2 Å². The summed E-state index contributed by atoms with van der Waals surface area (Å²) in [5.41, 5.74) is 1.94. The van der Waals surface area contributed by atoms with Gasteiger partial charge in [-0.3, -0.25) is 4.90 Å². The van der Waals surface area contributed by atoms with Crippen LogP contribution in [0, 0.1) is 5.82 Å². The first-order chi connectivity index (χ1) is 14.7. The van der Waals surface area contributed by atoms with Crippen LogP contribution in [0.25, 0.3) is 0 Å². The molecule has 0 spiro atoms. The van der Waals surface area contributed by atoms with E-state index >= 15 is 0 Å². The van der Waals surface area contributed by atoms with Crippen LogP contribution in [0.15, 0.2) is 83.8 Å². The van der Waals surface area contributed by atoms with Crippen LogP contribution in [0.3, 0.4) is 0 Å². The topological polar surface area (TPSA) is 21.7 Å². The normalized spacial score (nSPS) is 18.1. The quantitative estimate of drug-likeness (QED) is 0.463. The SMILES string of the molecule is COc1ccccc1S[C@@H](c1ccccc1F)[C@@H]1CN(Cc2ccccc2)CCO1. The summed E-state index contributed by atoms with van der Waals surface area (Å²) in [6.45, 7) is 3.11. The maximum absolute atomic E-state index is 14.8. The van der Waals surface area contributed by atoms with Gasteiger partial charge in [-0.1, -0.05) is 60.7 Å². The minimum Gasteiger partial charge on any atom is -0.496 e. The molecule has 0 aliphatic carbocycles. The average Bonchev–Trinajstić information content (AvgIpc) is 2.79. The van der Waals surface area contributed by atoms with E-state index in [0.29, 0.717) is 12.2 Å². The van der Waals surface area contributed by atoms with E-state index in [1.165, 1.54) is 11.6 Å². The molecule has 0 radical (unpaired) electrons. The number of nitrogens with zero attached hydrogens (tertiary/aromatic N) is 1. The molecule has 0 N–H and O–H groups in total. The molecule has 5 heteroatoms. The zero-order chi connectivity index (χ0) is 20.8. The molecule has 0 unspecified atom stereocenters. The Balaban J connectivity index is 1.59. The lowest BCUT2D eigenvalue weighted by Crippen LogP contribution is -2.44. The average molecular weight is 424 g/mol. The Morgan fingerprint density at radius 3 is 2.57 bits per heavy atom. The smallest absolute Gasteiger partial charge is 0.132 e.